The number of hydrogen-bond donors (Lipinski definition) is 1. The van der Waals surface area contributed by atoms with Crippen LogP contribution in [-0.4, -0.2) is 47.3 Å². The molecule has 1 aliphatic heterocycles. The summed E-state index contributed by atoms with van der Waals surface area (Å²) in [5.74, 6) is 1.21. The van der Waals surface area contributed by atoms with Crippen molar-refractivity contribution >= 4 is 6.09 Å². The molecule has 0 saturated carbocycles. The van der Waals surface area contributed by atoms with Gasteiger partial charge in [0, 0.05) is 12.2 Å². The van der Waals surface area contributed by atoms with E-state index in [1.165, 1.54) is 16.7 Å². The average Bonchev–Trinajstić information content (AvgIpc) is 2.72. The molecule has 2 N–H and O–H groups in total. The van der Waals surface area contributed by atoms with E-state index < -0.39 is 5.60 Å². The Balaban J connectivity index is 1.52. The van der Waals surface area contributed by atoms with E-state index in [1.807, 2.05) is 27.7 Å². The van der Waals surface area contributed by atoms with Crippen molar-refractivity contribution in [2.24, 2.45) is 5.73 Å². The number of carbonyl (C=O) groups is 1. The van der Waals surface area contributed by atoms with Gasteiger partial charge in [-0.2, -0.15) is 0 Å². The normalized spacial score (nSPS) is 16.8. The molecule has 1 aromatic heterocycles. The molecule has 0 bridgehead atoms. The minimum absolute atomic E-state index is 0.0480. The Morgan fingerprint density at radius 1 is 1.24 bits per heavy atom. The monoisotopic (exact) mass is 453 g/mol. The third-order valence-corrected chi connectivity index (χ3v) is 6.21. The molecule has 1 aromatic carbocycles. The van der Waals surface area contributed by atoms with Gasteiger partial charge in [-0.1, -0.05) is 31.2 Å². The number of hydrogen-bond acceptors (Lipinski definition) is 5. The average molecular weight is 454 g/mol. The number of nitrogens with two attached hydrogens (primary N) is 1. The Morgan fingerprint density at radius 3 is 2.58 bits per heavy atom. The first-order chi connectivity index (χ1) is 15.7. The van der Waals surface area contributed by atoms with Crippen LogP contribution < -0.4 is 10.5 Å². The number of aryl methyl sites for hydroxylation is 2. The predicted octanol–water partition coefficient (Wildman–Crippen LogP) is 5.02. The summed E-state index contributed by atoms with van der Waals surface area (Å²) < 4.78 is 11.5. The van der Waals surface area contributed by atoms with Crippen molar-refractivity contribution in [2.45, 2.75) is 77.9 Å². The van der Waals surface area contributed by atoms with Crippen molar-refractivity contribution in [3.8, 4) is 5.75 Å². The molecular weight excluding hydrogens is 414 g/mol. The fourth-order valence-electron chi connectivity index (χ4n) is 3.97. The molecule has 0 spiro atoms. The molecule has 33 heavy (non-hydrogen) atoms. The van der Waals surface area contributed by atoms with Crippen LogP contribution in [0.3, 0.4) is 0 Å². The lowest BCUT2D eigenvalue weighted by atomic mass is 9.93. The zero-order valence-corrected chi connectivity index (χ0v) is 20.8. The number of nitrogens with zero attached hydrogens (tertiary/aromatic N) is 2. The molecule has 1 aliphatic rings. The first-order valence-corrected chi connectivity index (χ1v) is 12.0. The number of aromatic nitrogens is 1. The van der Waals surface area contributed by atoms with E-state index in [4.69, 9.17) is 15.2 Å². The zero-order chi connectivity index (χ0) is 24.0. The van der Waals surface area contributed by atoms with Gasteiger partial charge < -0.3 is 20.1 Å². The van der Waals surface area contributed by atoms with E-state index >= 15 is 0 Å². The quantitative estimate of drug-likeness (QED) is 0.577. The molecule has 6 nitrogen and oxygen atoms in total. The van der Waals surface area contributed by atoms with Gasteiger partial charge in [0.2, 0.25) is 0 Å². The Bertz CT molecular complexity index is 921. The van der Waals surface area contributed by atoms with Gasteiger partial charge in [0.05, 0.1) is 12.2 Å². The molecule has 2 atom stereocenters. The summed E-state index contributed by atoms with van der Waals surface area (Å²) in [6, 6.07) is 10.9. The number of pyridine rings is 1. The Hall–Kier alpha value is -2.60. The van der Waals surface area contributed by atoms with E-state index in [-0.39, 0.29) is 12.1 Å². The van der Waals surface area contributed by atoms with Gasteiger partial charge in [0.25, 0.3) is 0 Å². The molecule has 2 aromatic rings. The lowest BCUT2D eigenvalue weighted by Crippen LogP contribution is -2.55. The van der Waals surface area contributed by atoms with Gasteiger partial charge in [-0.15, -0.1) is 0 Å². The summed E-state index contributed by atoms with van der Waals surface area (Å²) in [5.41, 5.74) is 10.0. The molecule has 1 fully saturated rings. The summed E-state index contributed by atoms with van der Waals surface area (Å²) in [5, 5.41) is 0. The highest BCUT2D eigenvalue weighted by molar-refractivity contribution is 5.69. The highest BCUT2D eigenvalue weighted by Crippen LogP contribution is 2.26. The first-order valence-electron chi connectivity index (χ1n) is 12.0. The van der Waals surface area contributed by atoms with Crippen molar-refractivity contribution in [2.75, 3.05) is 19.7 Å². The molecular formula is C27H39N3O3. The van der Waals surface area contributed by atoms with Gasteiger partial charge in [-0.3, -0.25) is 4.98 Å². The second-order valence-corrected chi connectivity index (χ2v) is 10.1. The summed E-state index contributed by atoms with van der Waals surface area (Å²) in [6.07, 6.45) is 5.33. The van der Waals surface area contributed by atoms with Gasteiger partial charge in [0.15, 0.2) is 0 Å². The molecule has 0 aliphatic carbocycles. The van der Waals surface area contributed by atoms with Crippen molar-refractivity contribution in [3.05, 3.63) is 58.9 Å². The maximum absolute atomic E-state index is 12.3. The minimum atomic E-state index is -0.489. The second-order valence-electron chi connectivity index (χ2n) is 10.1. The predicted molar refractivity (Wildman–Crippen MR) is 132 cm³/mol. The van der Waals surface area contributed by atoms with E-state index in [0.717, 1.165) is 37.1 Å². The van der Waals surface area contributed by atoms with Gasteiger partial charge in [-0.25, -0.2) is 4.79 Å². The fraction of sp³-hybridized carbons (Fsp3) is 0.556. The summed E-state index contributed by atoms with van der Waals surface area (Å²) >= 11 is 0. The Morgan fingerprint density at radius 2 is 1.97 bits per heavy atom. The van der Waals surface area contributed by atoms with Crippen LogP contribution >= 0.6 is 0 Å². The summed E-state index contributed by atoms with van der Waals surface area (Å²) in [7, 11) is 0. The first kappa shape index (κ1) is 25.0. The van der Waals surface area contributed by atoms with Crippen LogP contribution in [0.1, 0.15) is 68.8 Å². The lowest BCUT2D eigenvalue weighted by molar-refractivity contribution is -0.0141. The van der Waals surface area contributed by atoms with Crippen LogP contribution in [-0.2, 0) is 17.6 Å². The van der Waals surface area contributed by atoms with Crippen LogP contribution in [0.5, 0.6) is 5.75 Å². The zero-order valence-electron chi connectivity index (χ0n) is 20.8. The Kier molecular flexibility index (Phi) is 8.35. The van der Waals surface area contributed by atoms with E-state index in [0.29, 0.717) is 25.6 Å². The number of ether oxygens (including phenoxy) is 2. The number of benzene rings is 1. The van der Waals surface area contributed by atoms with Crippen LogP contribution in [0.4, 0.5) is 4.79 Å². The van der Waals surface area contributed by atoms with Gasteiger partial charge in [-0.05, 0) is 88.6 Å². The Labute approximate surface area is 198 Å². The number of amides is 1. The van der Waals surface area contributed by atoms with E-state index in [2.05, 4.69) is 42.2 Å². The van der Waals surface area contributed by atoms with Crippen LogP contribution in [0.2, 0.25) is 0 Å². The van der Waals surface area contributed by atoms with Crippen molar-refractivity contribution in [1.29, 1.82) is 0 Å². The lowest BCUT2D eigenvalue weighted by Gasteiger charge is -2.41. The third kappa shape index (κ3) is 7.19. The smallest absolute Gasteiger partial charge is 0.410 e. The third-order valence-electron chi connectivity index (χ3n) is 6.21. The molecule has 2 heterocycles. The molecule has 180 valence electrons. The number of likely N-dealkylation sites (tertiary alicyclic amines) is 1. The summed E-state index contributed by atoms with van der Waals surface area (Å²) in [4.78, 5) is 18.6. The molecule has 1 saturated heterocycles. The van der Waals surface area contributed by atoms with Crippen LogP contribution in [0.15, 0.2) is 36.5 Å². The van der Waals surface area contributed by atoms with Crippen molar-refractivity contribution in [3.63, 3.8) is 0 Å². The molecule has 1 amide bonds. The maximum Gasteiger partial charge on any atom is 0.410 e. The second kappa shape index (κ2) is 11.0. The number of rotatable bonds is 9. The van der Waals surface area contributed by atoms with E-state index in [1.54, 1.807) is 11.1 Å². The van der Waals surface area contributed by atoms with Crippen LogP contribution in [0.25, 0.3) is 0 Å². The largest absolute Gasteiger partial charge is 0.490 e. The van der Waals surface area contributed by atoms with Crippen LogP contribution in [0, 0.1) is 6.92 Å². The van der Waals surface area contributed by atoms with Gasteiger partial charge in [0.1, 0.15) is 18.0 Å². The molecule has 6 heteroatoms. The van der Waals surface area contributed by atoms with Crippen molar-refractivity contribution < 1.29 is 14.3 Å². The van der Waals surface area contributed by atoms with Crippen molar-refractivity contribution in [1.82, 2.24) is 9.88 Å². The van der Waals surface area contributed by atoms with Gasteiger partial charge >= 0.3 is 6.09 Å². The highest BCUT2D eigenvalue weighted by Gasteiger charge is 2.35. The number of carbonyl (C=O) groups excluding carboxylic acids is 1. The summed E-state index contributed by atoms with van der Waals surface area (Å²) in [6.45, 7) is 11.8. The topological polar surface area (TPSA) is 77.7 Å². The minimum Gasteiger partial charge on any atom is -0.490 e. The SMILES string of the molecule is Cc1ncc(OCC2CCN2C(=O)OC(C)(C)C)cc1CCC(C)c1ccc(CCN)cc1. The molecule has 0 radical (unpaired) electrons. The van der Waals surface area contributed by atoms with E-state index in [9.17, 15) is 4.79 Å². The molecule has 2 unspecified atom stereocenters. The maximum atomic E-state index is 12.3. The fourth-order valence-corrected chi connectivity index (χ4v) is 3.97. The standard InChI is InChI=1S/C27H39N3O3/c1-19(22-10-7-21(8-11-22)12-14-28)6-9-23-16-25(17-29-20(23)2)32-18-24-13-15-30(24)26(31)33-27(3,4)5/h7-8,10-11,16-17,19,24H,6,9,12-15,18,28H2,1-5H3. The molecule has 3 rings (SSSR count). The highest BCUT2D eigenvalue weighted by atomic mass is 16.6.